The third-order valence-electron chi connectivity index (χ3n) is 17.6. The Bertz CT molecular complexity index is 1810. The summed E-state index contributed by atoms with van der Waals surface area (Å²) in [6.07, 6.45) is 52.5. The fourth-order valence-electron chi connectivity index (χ4n) is 11.3. The topological polar surface area (TPSA) is 237 Å². The van der Waals surface area contributed by atoms with Crippen molar-refractivity contribution in [3.63, 3.8) is 0 Å². The molecule has 0 heterocycles. The molecule has 0 aromatic heterocycles. The van der Waals surface area contributed by atoms with Gasteiger partial charge in [0.1, 0.15) is 19.3 Å². The Kier molecular flexibility index (Phi) is 64.6. The molecule has 0 saturated carbocycles. The highest BCUT2D eigenvalue weighted by molar-refractivity contribution is 7.47. The van der Waals surface area contributed by atoms with Gasteiger partial charge in [-0.25, -0.2) is 9.13 Å². The predicted molar refractivity (Wildman–Crippen MR) is 377 cm³/mol. The summed E-state index contributed by atoms with van der Waals surface area (Å²) in [5.74, 6) is -0.554. The zero-order valence-corrected chi connectivity index (χ0v) is 62.3. The van der Waals surface area contributed by atoms with Crippen LogP contribution in [0.5, 0.6) is 0 Å². The van der Waals surface area contributed by atoms with Crippen molar-refractivity contribution >= 4 is 39.5 Å². The number of ether oxygens (including phenoxy) is 4. The van der Waals surface area contributed by atoms with Crippen LogP contribution in [0, 0.1) is 11.8 Å². The van der Waals surface area contributed by atoms with Crippen molar-refractivity contribution < 1.29 is 80.2 Å². The summed E-state index contributed by atoms with van der Waals surface area (Å²) in [5, 5.41) is 10.6. The molecule has 0 fully saturated rings. The summed E-state index contributed by atoms with van der Waals surface area (Å²) in [4.78, 5) is 72.8. The molecule has 0 radical (unpaired) electrons. The summed E-state index contributed by atoms with van der Waals surface area (Å²) >= 11 is 0. The lowest BCUT2D eigenvalue weighted by atomic mass is 9.99. The van der Waals surface area contributed by atoms with Crippen LogP contribution in [0.15, 0.2) is 0 Å². The summed E-state index contributed by atoms with van der Waals surface area (Å²) in [7, 11) is -9.91. The lowest BCUT2D eigenvalue weighted by molar-refractivity contribution is -0.161. The molecule has 17 nitrogen and oxygen atoms in total. The minimum absolute atomic E-state index is 0.106. The average molecular weight is 1370 g/mol. The second kappa shape index (κ2) is 66.0. The van der Waals surface area contributed by atoms with Gasteiger partial charge in [0, 0.05) is 25.7 Å². The average Bonchev–Trinajstić information content (AvgIpc) is 2.51. The van der Waals surface area contributed by atoms with Crippen LogP contribution in [-0.2, 0) is 65.4 Å². The van der Waals surface area contributed by atoms with E-state index in [1.807, 2.05) is 0 Å². The van der Waals surface area contributed by atoms with Gasteiger partial charge in [-0.1, -0.05) is 330 Å². The Labute approximate surface area is 568 Å². The maximum Gasteiger partial charge on any atom is 0.472 e. The second-order valence-corrected chi connectivity index (χ2v) is 30.3. The second-order valence-electron chi connectivity index (χ2n) is 27.4. The predicted octanol–water partition coefficient (Wildman–Crippen LogP) is 21.6. The molecule has 19 heteroatoms. The zero-order chi connectivity index (χ0) is 68.6. The quantitative estimate of drug-likeness (QED) is 0.0222. The summed E-state index contributed by atoms with van der Waals surface area (Å²) in [5.41, 5.74) is 0. The Morgan fingerprint density at radius 3 is 0.817 bits per heavy atom. The molecule has 0 spiro atoms. The van der Waals surface area contributed by atoms with E-state index in [2.05, 4.69) is 41.5 Å². The third-order valence-corrected chi connectivity index (χ3v) is 19.5. The van der Waals surface area contributed by atoms with E-state index in [-0.39, 0.29) is 25.7 Å². The van der Waals surface area contributed by atoms with Crippen molar-refractivity contribution in [1.29, 1.82) is 0 Å². The minimum Gasteiger partial charge on any atom is -0.462 e. The first-order valence-electron chi connectivity index (χ1n) is 38.5. The fourth-order valence-corrected chi connectivity index (χ4v) is 12.8. The Hall–Kier alpha value is -1.94. The summed E-state index contributed by atoms with van der Waals surface area (Å²) < 4.78 is 68.5. The first kappa shape index (κ1) is 91.1. The SMILES string of the molecule is CCCCCCCCCCCCCCCCCC(=O)O[C@H](COC(=O)CCCCCCCCCCCCC(C)CC)COP(=O)(O)OC[C@@H](O)COP(=O)(O)OC[C@@H](COC(=O)CCCCCCCCCCCCC)OC(=O)CCCCCCCCCCCCC(C)C. The van der Waals surface area contributed by atoms with Crippen LogP contribution in [0.3, 0.4) is 0 Å². The van der Waals surface area contributed by atoms with Crippen LogP contribution in [-0.4, -0.2) is 96.7 Å². The van der Waals surface area contributed by atoms with Crippen molar-refractivity contribution in [2.45, 2.75) is 400 Å². The molecule has 552 valence electrons. The number of aliphatic hydroxyl groups excluding tert-OH is 1. The van der Waals surface area contributed by atoms with Crippen LogP contribution in [0.25, 0.3) is 0 Å². The number of phosphoric acid groups is 2. The van der Waals surface area contributed by atoms with Crippen LogP contribution in [0.2, 0.25) is 0 Å². The van der Waals surface area contributed by atoms with E-state index in [0.29, 0.717) is 25.7 Å². The van der Waals surface area contributed by atoms with E-state index in [0.717, 1.165) is 102 Å². The van der Waals surface area contributed by atoms with Gasteiger partial charge >= 0.3 is 39.5 Å². The Morgan fingerprint density at radius 2 is 0.548 bits per heavy atom. The number of rotatable bonds is 73. The maximum absolute atomic E-state index is 13.1. The molecule has 3 unspecified atom stereocenters. The van der Waals surface area contributed by atoms with Gasteiger partial charge in [-0.15, -0.1) is 0 Å². The van der Waals surface area contributed by atoms with E-state index in [1.165, 1.54) is 199 Å². The molecule has 0 aliphatic carbocycles. The third kappa shape index (κ3) is 67.0. The van der Waals surface area contributed by atoms with Gasteiger partial charge in [0.15, 0.2) is 12.2 Å². The van der Waals surface area contributed by atoms with Crippen molar-refractivity contribution in [3.05, 3.63) is 0 Å². The molecule has 93 heavy (non-hydrogen) atoms. The lowest BCUT2D eigenvalue weighted by Gasteiger charge is -2.21. The molecular formula is C74H144O17P2. The maximum atomic E-state index is 13.1. The number of phosphoric ester groups is 2. The molecule has 0 aliphatic rings. The highest BCUT2D eigenvalue weighted by atomic mass is 31.2. The minimum atomic E-state index is -4.96. The fraction of sp³-hybridized carbons (Fsp3) is 0.946. The smallest absolute Gasteiger partial charge is 0.462 e. The van der Waals surface area contributed by atoms with Gasteiger partial charge in [0.2, 0.25) is 0 Å². The first-order chi connectivity index (χ1) is 44.9. The van der Waals surface area contributed by atoms with Crippen molar-refractivity contribution in [2.24, 2.45) is 11.8 Å². The molecular weight excluding hydrogens is 1220 g/mol. The van der Waals surface area contributed by atoms with Crippen molar-refractivity contribution in [2.75, 3.05) is 39.6 Å². The molecule has 0 aliphatic heterocycles. The molecule has 6 atom stereocenters. The number of esters is 4. The van der Waals surface area contributed by atoms with Crippen LogP contribution in [0.4, 0.5) is 0 Å². The lowest BCUT2D eigenvalue weighted by Crippen LogP contribution is -2.30. The Balaban J connectivity index is 5.27. The van der Waals surface area contributed by atoms with E-state index in [1.54, 1.807) is 0 Å². The van der Waals surface area contributed by atoms with Gasteiger partial charge in [0.05, 0.1) is 26.4 Å². The molecule has 0 aromatic rings. The number of carbonyl (C=O) groups excluding carboxylic acids is 4. The molecule has 0 aromatic carbocycles. The number of carbonyl (C=O) groups is 4. The molecule has 0 bridgehead atoms. The van der Waals surface area contributed by atoms with Gasteiger partial charge in [-0.05, 0) is 37.5 Å². The monoisotopic (exact) mass is 1370 g/mol. The van der Waals surface area contributed by atoms with E-state index >= 15 is 0 Å². The highest BCUT2D eigenvalue weighted by Gasteiger charge is 2.30. The van der Waals surface area contributed by atoms with E-state index < -0.39 is 97.5 Å². The number of aliphatic hydroxyl groups is 1. The summed E-state index contributed by atoms with van der Waals surface area (Å²) in [6.45, 7) is 9.60. The van der Waals surface area contributed by atoms with E-state index in [4.69, 9.17) is 37.0 Å². The normalized spacial score (nSPS) is 14.3. The van der Waals surface area contributed by atoms with Gasteiger partial charge in [-0.2, -0.15) is 0 Å². The standard InChI is InChI=1S/C74H144O17P2/c1-7-10-12-14-16-18-20-21-22-23-25-34-40-46-52-58-73(78)90-69(63-85-72(77)57-51-45-39-33-29-27-31-37-43-49-55-67(6)9-3)64-88-92(80,81)86-60-68(75)61-87-93(82,83)89-65-70(62-84-71(76)56-50-44-38-32-24-19-17-15-13-11-8-2)91-74(79)59-53-47-41-35-28-26-30-36-42-48-54-66(4)5/h66-70,75H,7-65H2,1-6H3,(H,80,81)(H,82,83)/t67?,68-,69-,70-/m1/s1. The number of hydrogen-bond donors (Lipinski definition) is 3. The molecule has 3 N–H and O–H groups in total. The zero-order valence-electron chi connectivity index (χ0n) is 60.6. The molecule has 0 amide bonds. The molecule has 0 rings (SSSR count). The van der Waals surface area contributed by atoms with Gasteiger partial charge < -0.3 is 33.8 Å². The number of hydrogen-bond acceptors (Lipinski definition) is 15. The van der Waals surface area contributed by atoms with Crippen molar-refractivity contribution in [1.82, 2.24) is 0 Å². The van der Waals surface area contributed by atoms with Crippen molar-refractivity contribution in [3.8, 4) is 0 Å². The van der Waals surface area contributed by atoms with Crippen LogP contribution < -0.4 is 0 Å². The Morgan fingerprint density at radius 1 is 0.312 bits per heavy atom. The summed E-state index contributed by atoms with van der Waals surface area (Å²) in [6, 6.07) is 0. The van der Waals surface area contributed by atoms with E-state index in [9.17, 15) is 43.2 Å². The largest absolute Gasteiger partial charge is 0.472 e. The van der Waals surface area contributed by atoms with Crippen LogP contribution in [0.1, 0.15) is 382 Å². The number of unbranched alkanes of at least 4 members (excludes halogenated alkanes) is 42. The molecule has 0 saturated heterocycles. The first-order valence-corrected chi connectivity index (χ1v) is 41.5. The highest BCUT2D eigenvalue weighted by Crippen LogP contribution is 2.45. The van der Waals surface area contributed by atoms with Gasteiger partial charge in [-0.3, -0.25) is 37.3 Å². The van der Waals surface area contributed by atoms with Gasteiger partial charge in [0.25, 0.3) is 0 Å². The van der Waals surface area contributed by atoms with Crippen LogP contribution >= 0.6 is 15.6 Å².